The summed E-state index contributed by atoms with van der Waals surface area (Å²) >= 11 is 7.58. The molecule has 1 saturated carbocycles. The highest BCUT2D eigenvalue weighted by atomic mass is 35.5. The van der Waals surface area contributed by atoms with Crippen molar-refractivity contribution < 1.29 is 13.9 Å². The van der Waals surface area contributed by atoms with E-state index in [2.05, 4.69) is 31.0 Å². The molecule has 5 nitrogen and oxygen atoms in total. The molecular formula is C26H29ClFN3O2S. The van der Waals surface area contributed by atoms with Crippen molar-refractivity contribution in [2.24, 2.45) is 17.8 Å². The molecule has 0 saturated heterocycles. The first kappa shape index (κ1) is 24.7. The van der Waals surface area contributed by atoms with Crippen LogP contribution in [0.25, 0.3) is 17.1 Å². The fraction of sp³-hybridized carbons (Fsp3) is 0.423. The van der Waals surface area contributed by atoms with Gasteiger partial charge < -0.3 is 4.74 Å². The first-order chi connectivity index (χ1) is 16.3. The van der Waals surface area contributed by atoms with Gasteiger partial charge in [0.05, 0.1) is 16.5 Å². The van der Waals surface area contributed by atoms with Gasteiger partial charge in [-0.05, 0) is 54.9 Å². The highest BCUT2D eigenvalue weighted by Gasteiger charge is 2.33. The Bertz CT molecular complexity index is 1150. The summed E-state index contributed by atoms with van der Waals surface area (Å²) in [7, 11) is 0. The molecule has 0 aliphatic heterocycles. The van der Waals surface area contributed by atoms with Gasteiger partial charge in [0.1, 0.15) is 11.9 Å². The molecule has 0 amide bonds. The summed E-state index contributed by atoms with van der Waals surface area (Å²) in [6.45, 7) is 6.58. The van der Waals surface area contributed by atoms with E-state index in [0.29, 0.717) is 45.0 Å². The molecule has 1 fully saturated rings. The standard InChI is InChI=1S/C26H29ClFN3O2S/c1-16(2)18-13-12-17(3)14-23(18)33-24(32)15-34-26-30-29-25(19-8-4-5-9-20(19)27)31(26)22-11-7-6-10-21(22)28/h4-11,16-18,23H,12-15H2,1-3H3/t17-,18-,23+/m1/s1. The summed E-state index contributed by atoms with van der Waals surface area (Å²) in [5.41, 5.74) is 0.921. The lowest BCUT2D eigenvalue weighted by Gasteiger charge is -2.36. The van der Waals surface area contributed by atoms with Crippen molar-refractivity contribution in [3.63, 3.8) is 0 Å². The third kappa shape index (κ3) is 5.47. The zero-order valence-electron chi connectivity index (χ0n) is 19.6. The summed E-state index contributed by atoms with van der Waals surface area (Å²) in [6.07, 6.45) is 3.07. The van der Waals surface area contributed by atoms with Gasteiger partial charge >= 0.3 is 5.97 Å². The normalized spacial score (nSPS) is 20.5. The van der Waals surface area contributed by atoms with Gasteiger partial charge in [-0.25, -0.2) is 4.39 Å². The van der Waals surface area contributed by atoms with E-state index in [-0.39, 0.29) is 17.8 Å². The first-order valence-corrected chi connectivity index (χ1v) is 13.0. The molecule has 1 aromatic heterocycles. The fourth-order valence-electron chi connectivity index (χ4n) is 4.61. The van der Waals surface area contributed by atoms with Gasteiger partial charge in [-0.2, -0.15) is 0 Å². The van der Waals surface area contributed by atoms with Gasteiger partial charge in [-0.1, -0.05) is 74.8 Å². The number of aromatic nitrogens is 3. The average molecular weight is 502 g/mol. The molecule has 1 aliphatic rings. The molecule has 0 radical (unpaired) electrons. The highest BCUT2D eigenvalue weighted by molar-refractivity contribution is 7.99. The molecule has 0 unspecified atom stereocenters. The van der Waals surface area contributed by atoms with Crippen molar-refractivity contribution in [1.82, 2.24) is 14.8 Å². The van der Waals surface area contributed by atoms with Crippen molar-refractivity contribution in [2.45, 2.75) is 51.3 Å². The summed E-state index contributed by atoms with van der Waals surface area (Å²) in [5, 5.41) is 9.44. The topological polar surface area (TPSA) is 57.0 Å². The Labute approximate surface area is 209 Å². The molecule has 3 aromatic rings. The number of hydrogen-bond acceptors (Lipinski definition) is 5. The number of halogens is 2. The zero-order valence-corrected chi connectivity index (χ0v) is 21.2. The molecule has 0 N–H and O–H groups in total. The maximum Gasteiger partial charge on any atom is 0.316 e. The number of benzene rings is 2. The maximum atomic E-state index is 14.8. The van der Waals surface area contributed by atoms with Gasteiger partial charge in [0.15, 0.2) is 11.0 Å². The molecule has 0 bridgehead atoms. The Morgan fingerprint density at radius 3 is 2.65 bits per heavy atom. The smallest absolute Gasteiger partial charge is 0.316 e. The lowest BCUT2D eigenvalue weighted by atomic mass is 9.75. The van der Waals surface area contributed by atoms with Crippen LogP contribution in [0.4, 0.5) is 4.39 Å². The van der Waals surface area contributed by atoms with Crippen LogP contribution in [0.2, 0.25) is 5.02 Å². The summed E-state index contributed by atoms with van der Waals surface area (Å²) in [5.74, 6) is 1.13. The first-order valence-electron chi connectivity index (χ1n) is 11.6. The molecular weight excluding hydrogens is 473 g/mol. The molecule has 180 valence electrons. The minimum absolute atomic E-state index is 0.0603. The van der Waals surface area contributed by atoms with Gasteiger partial charge in [0.2, 0.25) is 0 Å². The summed E-state index contributed by atoms with van der Waals surface area (Å²) < 4.78 is 22.3. The van der Waals surface area contributed by atoms with Crippen molar-refractivity contribution in [1.29, 1.82) is 0 Å². The van der Waals surface area contributed by atoms with Crippen LogP contribution in [0.3, 0.4) is 0 Å². The quantitative estimate of drug-likeness (QED) is 0.262. The van der Waals surface area contributed by atoms with Crippen molar-refractivity contribution in [3.05, 3.63) is 59.4 Å². The Morgan fingerprint density at radius 2 is 1.91 bits per heavy atom. The number of carbonyl (C=O) groups excluding carboxylic acids is 1. The predicted octanol–water partition coefficient (Wildman–Crippen LogP) is 6.82. The fourth-order valence-corrected chi connectivity index (χ4v) is 5.55. The number of carbonyl (C=O) groups is 1. The second-order valence-electron chi connectivity index (χ2n) is 9.22. The number of nitrogens with zero attached hydrogens (tertiary/aromatic N) is 3. The predicted molar refractivity (Wildman–Crippen MR) is 134 cm³/mol. The number of rotatable bonds is 7. The second-order valence-corrected chi connectivity index (χ2v) is 10.6. The van der Waals surface area contributed by atoms with Gasteiger partial charge in [-0.15, -0.1) is 10.2 Å². The molecule has 2 aromatic carbocycles. The number of hydrogen-bond donors (Lipinski definition) is 0. The monoisotopic (exact) mass is 501 g/mol. The van der Waals surface area contributed by atoms with Crippen LogP contribution in [-0.4, -0.2) is 32.6 Å². The van der Waals surface area contributed by atoms with E-state index >= 15 is 0 Å². The molecule has 0 spiro atoms. The van der Waals surface area contributed by atoms with Crippen LogP contribution in [0.5, 0.6) is 0 Å². The van der Waals surface area contributed by atoms with Crippen LogP contribution < -0.4 is 0 Å². The Balaban J connectivity index is 1.57. The van der Waals surface area contributed by atoms with E-state index in [9.17, 15) is 9.18 Å². The Morgan fingerprint density at radius 1 is 1.18 bits per heavy atom. The van der Waals surface area contributed by atoms with Crippen molar-refractivity contribution in [3.8, 4) is 17.1 Å². The largest absolute Gasteiger partial charge is 0.461 e. The summed E-state index contributed by atoms with van der Waals surface area (Å²) in [4.78, 5) is 12.8. The lowest BCUT2D eigenvalue weighted by molar-refractivity contribution is -0.152. The molecule has 34 heavy (non-hydrogen) atoms. The SMILES string of the molecule is CC(C)[C@H]1CC[C@@H](C)C[C@@H]1OC(=O)CSc1nnc(-c2ccccc2Cl)n1-c1ccccc1F. The van der Waals surface area contributed by atoms with E-state index in [4.69, 9.17) is 16.3 Å². The zero-order chi connectivity index (χ0) is 24.2. The summed E-state index contributed by atoms with van der Waals surface area (Å²) in [6, 6.07) is 13.6. The lowest BCUT2D eigenvalue weighted by Crippen LogP contribution is -2.36. The van der Waals surface area contributed by atoms with Crippen molar-refractivity contribution >= 4 is 29.3 Å². The maximum absolute atomic E-state index is 14.8. The number of esters is 1. The number of ether oxygens (including phenoxy) is 1. The van der Waals surface area contributed by atoms with E-state index < -0.39 is 5.82 Å². The average Bonchev–Trinajstić information content (AvgIpc) is 3.21. The molecule has 3 atom stereocenters. The minimum Gasteiger partial charge on any atom is -0.461 e. The third-order valence-corrected chi connectivity index (χ3v) is 7.64. The van der Waals surface area contributed by atoms with E-state index in [1.807, 2.05) is 18.2 Å². The van der Waals surface area contributed by atoms with Crippen LogP contribution in [0, 0.1) is 23.6 Å². The molecule has 1 aliphatic carbocycles. The van der Waals surface area contributed by atoms with Gasteiger partial charge in [-0.3, -0.25) is 9.36 Å². The van der Waals surface area contributed by atoms with Crippen molar-refractivity contribution in [2.75, 3.05) is 5.75 Å². The second kappa shape index (κ2) is 10.9. The Kier molecular flexibility index (Phi) is 7.94. The third-order valence-electron chi connectivity index (χ3n) is 6.40. The van der Waals surface area contributed by atoms with E-state index in [1.165, 1.54) is 24.2 Å². The molecule has 8 heteroatoms. The van der Waals surface area contributed by atoms with Crippen LogP contribution in [0.1, 0.15) is 40.0 Å². The number of para-hydroxylation sites is 1. The van der Waals surface area contributed by atoms with Gasteiger partial charge in [0.25, 0.3) is 0 Å². The highest BCUT2D eigenvalue weighted by Crippen LogP contribution is 2.36. The van der Waals surface area contributed by atoms with E-state index in [0.717, 1.165) is 12.8 Å². The van der Waals surface area contributed by atoms with Gasteiger partial charge in [0, 0.05) is 5.56 Å². The van der Waals surface area contributed by atoms with Crippen LogP contribution >= 0.6 is 23.4 Å². The van der Waals surface area contributed by atoms with E-state index in [1.54, 1.807) is 28.8 Å². The van der Waals surface area contributed by atoms with Crippen LogP contribution in [0.15, 0.2) is 53.7 Å². The number of thioether (sulfide) groups is 1. The minimum atomic E-state index is -0.420. The van der Waals surface area contributed by atoms with Crippen LogP contribution in [-0.2, 0) is 9.53 Å². The molecule has 4 rings (SSSR count). The molecule has 1 heterocycles. The Hall–Kier alpha value is -2.38.